The molecule has 0 unspecified atom stereocenters. The first-order valence-corrected chi connectivity index (χ1v) is 6.06. The molecule has 1 saturated carbocycles. The Kier molecular flexibility index (Phi) is 2.36. The van der Waals surface area contributed by atoms with Crippen LogP contribution in [0.15, 0.2) is 24.3 Å². The second-order valence-electron chi connectivity index (χ2n) is 4.77. The fourth-order valence-electron chi connectivity index (χ4n) is 3.21. The molecule has 3 rings (SSSR count). The summed E-state index contributed by atoms with van der Waals surface area (Å²) in [4.78, 5) is 17.4. The zero-order valence-electron chi connectivity index (χ0n) is 9.60. The van der Waals surface area contributed by atoms with E-state index in [1.54, 1.807) is 4.90 Å². The lowest BCUT2D eigenvalue weighted by molar-refractivity contribution is -0.123. The molecule has 2 atom stereocenters. The van der Waals surface area contributed by atoms with Crippen molar-refractivity contribution in [2.45, 2.75) is 25.2 Å². The van der Waals surface area contributed by atoms with Gasteiger partial charge in [-0.3, -0.25) is 9.64 Å². The number of hydrogen-bond acceptors (Lipinski definition) is 1. The Hall–Kier alpha value is -1.82. The minimum Gasteiger partial charge on any atom is -0.292 e. The maximum Gasteiger partial charge on any atom is 0.295 e. The molecule has 1 aromatic rings. The van der Waals surface area contributed by atoms with Crippen LogP contribution >= 0.6 is 0 Å². The molecule has 2 aliphatic rings. The largest absolute Gasteiger partial charge is 0.295 e. The second-order valence-corrected chi connectivity index (χ2v) is 4.77. The number of fused-ring (bicyclic) bond motifs is 3. The zero-order valence-corrected chi connectivity index (χ0v) is 9.60. The van der Waals surface area contributed by atoms with Crippen molar-refractivity contribution in [3.63, 3.8) is 0 Å². The summed E-state index contributed by atoms with van der Waals surface area (Å²) in [6, 6.07) is 8.05. The summed E-state index contributed by atoms with van der Waals surface area (Å²) in [6.07, 6.45) is 3.22. The van der Waals surface area contributed by atoms with Gasteiger partial charge in [-0.25, -0.2) is 11.5 Å². The first-order chi connectivity index (χ1) is 8.33. The van der Waals surface area contributed by atoms with Crippen molar-refractivity contribution in [2.24, 2.45) is 5.92 Å². The van der Waals surface area contributed by atoms with E-state index in [2.05, 4.69) is 10.9 Å². The predicted octanol–water partition coefficient (Wildman–Crippen LogP) is 2.79. The SMILES string of the molecule is [C-]#[N+]CN1C(=O)[C@@H]2CCC[C@@H]2c2ccccc21. The van der Waals surface area contributed by atoms with Crippen molar-refractivity contribution in [1.82, 2.24) is 0 Å². The van der Waals surface area contributed by atoms with E-state index < -0.39 is 0 Å². The summed E-state index contributed by atoms with van der Waals surface area (Å²) >= 11 is 0. The van der Waals surface area contributed by atoms with Crippen molar-refractivity contribution in [3.8, 4) is 0 Å². The monoisotopic (exact) mass is 226 g/mol. The van der Waals surface area contributed by atoms with Gasteiger partial charge in [-0.1, -0.05) is 24.6 Å². The molecule has 1 fully saturated rings. The molecule has 1 heterocycles. The van der Waals surface area contributed by atoms with Gasteiger partial charge in [0.05, 0.1) is 5.69 Å². The highest BCUT2D eigenvalue weighted by atomic mass is 16.2. The third-order valence-corrected chi connectivity index (χ3v) is 3.94. The van der Waals surface area contributed by atoms with E-state index in [9.17, 15) is 4.79 Å². The normalized spacial score (nSPS) is 26.3. The number of hydrogen-bond donors (Lipinski definition) is 0. The first kappa shape index (κ1) is 10.3. The molecular formula is C14H14N2O. The van der Waals surface area contributed by atoms with Gasteiger partial charge in [0.1, 0.15) is 0 Å². The van der Waals surface area contributed by atoms with Gasteiger partial charge in [0, 0.05) is 5.92 Å². The molecule has 3 heteroatoms. The van der Waals surface area contributed by atoms with Gasteiger partial charge in [-0.05, 0) is 30.4 Å². The fraction of sp³-hybridized carbons (Fsp3) is 0.429. The molecule has 0 radical (unpaired) electrons. The van der Waals surface area contributed by atoms with Crippen molar-refractivity contribution in [2.75, 3.05) is 11.6 Å². The average molecular weight is 226 g/mol. The van der Waals surface area contributed by atoms with Crippen LogP contribution < -0.4 is 4.90 Å². The minimum atomic E-state index is 0.117. The Morgan fingerprint density at radius 2 is 2.06 bits per heavy atom. The van der Waals surface area contributed by atoms with E-state index in [0.29, 0.717) is 5.92 Å². The highest BCUT2D eigenvalue weighted by molar-refractivity contribution is 5.99. The van der Waals surface area contributed by atoms with Crippen molar-refractivity contribution in [3.05, 3.63) is 41.2 Å². The highest BCUT2D eigenvalue weighted by Crippen LogP contribution is 2.47. The topological polar surface area (TPSA) is 24.7 Å². The number of nitrogens with zero attached hydrogens (tertiary/aromatic N) is 2. The number of rotatable bonds is 1. The molecule has 86 valence electrons. The van der Waals surface area contributed by atoms with Gasteiger partial charge in [0.25, 0.3) is 6.67 Å². The van der Waals surface area contributed by atoms with Gasteiger partial charge >= 0.3 is 0 Å². The number of anilines is 1. The molecule has 1 amide bonds. The number of carbonyl (C=O) groups excluding carboxylic acids is 1. The molecule has 1 aliphatic carbocycles. The van der Waals surface area contributed by atoms with Crippen LogP contribution in [0, 0.1) is 12.5 Å². The summed E-state index contributed by atoms with van der Waals surface area (Å²) in [6.45, 7) is 7.14. The van der Waals surface area contributed by atoms with E-state index >= 15 is 0 Å². The van der Waals surface area contributed by atoms with E-state index in [0.717, 1.165) is 24.9 Å². The number of para-hydroxylation sites is 1. The molecule has 1 aliphatic heterocycles. The summed E-state index contributed by atoms with van der Waals surface area (Å²) < 4.78 is 0. The lowest BCUT2D eigenvalue weighted by Crippen LogP contribution is -2.41. The molecule has 17 heavy (non-hydrogen) atoms. The molecule has 0 aromatic heterocycles. The first-order valence-electron chi connectivity index (χ1n) is 6.06. The summed E-state index contributed by atoms with van der Waals surface area (Å²) in [5.74, 6) is 0.662. The lowest BCUT2D eigenvalue weighted by atomic mass is 9.83. The third kappa shape index (κ3) is 1.44. The summed E-state index contributed by atoms with van der Waals surface area (Å²) in [5, 5.41) is 0. The Bertz CT molecular complexity index is 503. The maximum absolute atomic E-state index is 12.3. The molecule has 3 nitrogen and oxygen atoms in total. The van der Waals surface area contributed by atoms with Crippen molar-refractivity contribution >= 4 is 11.6 Å². The van der Waals surface area contributed by atoms with Crippen LogP contribution in [-0.2, 0) is 4.79 Å². The quantitative estimate of drug-likeness (QED) is 0.676. The Morgan fingerprint density at radius 3 is 2.88 bits per heavy atom. The van der Waals surface area contributed by atoms with Crippen LogP contribution in [0.3, 0.4) is 0 Å². The van der Waals surface area contributed by atoms with Gasteiger partial charge in [0.2, 0.25) is 5.91 Å². The minimum absolute atomic E-state index is 0.117. The fourth-order valence-corrected chi connectivity index (χ4v) is 3.21. The van der Waals surface area contributed by atoms with E-state index in [4.69, 9.17) is 6.57 Å². The Labute approximate surface area is 101 Å². The van der Waals surface area contributed by atoms with Crippen LogP contribution in [-0.4, -0.2) is 12.6 Å². The van der Waals surface area contributed by atoms with E-state index in [1.165, 1.54) is 5.56 Å². The summed E-state index contributed by atoms with van der Waals surface area (Å²) in [7, 11) is 0. The van der Waals surface area contributed by atoms with E-state index in [1.807, 2.05) is 18.2 Å². The van der Waals surface area contributed by atoms with Gasteiger partial charge in [-0.2, -0.15) is 0 Å². The zero-order chi connectivity index (χ0) is 11.8. The molecule has 0 spiro atoms. The lowest BCUT2D eigenvalue weighted by Gasteiger charge is -2.33. The third-order valence-electron chi connectivity index (χ3n) is 3.94. The number of carbonyl (C=O) groups is 1. The Balaban J connectivity index is 2.12. The standard InChI is InChI=1S/C14H14N2O/c1-15-9-16-13-8-3-2-5-11(13)10-6-4-7-12(10)14(16)17/h2-3,5,8,10,12H,4,6-7,9H2/t10-,12-/m1/s1. The number of amides is 1. The maximum atomic E-state index is 12.3. The molecule has 0 saturated heterocycles. The van der Waals surface area contributed by atoms with Gasteiger partial charge in [0.15, 0.2) is 0 Å². The highest BCUT2D eigenvalue weighted by Gasteiger charge is 2.43. The predicted molar refractivity (Wildman–Crippen MR) is 65.5 cm³/mol. The summed E-state index contributed by atoms with van der Waals surface area (Å²) in [5.41, 5.74) is 2.22. The van der Waals surface area contributed by atoms with Gasteiger partial charge < -0.3 is 0 Å². The van der Waals surface area contributed by atoms with Gasteiger partial charge in [-0.15, -0.1) is 0 Å². The molecule has 0 bridgehead atoms. The average Bonchev–Trinajstić information content (AvgIpc) is 2.84. The molecule has 1 aromatic carbocycles. The van der Waals surface area contributed by atoms with Crippen LogP contribution in [0.1, 0.15) is 30.7 Å². The van der Waals surface area contributed by atoms with Crippen LogP contribution in [0.5, 0.6) is 0 Å². The van der Waals surface area contributed by atoms with Crippen molar-refractivity contribution < 1.29 is 4.79 Å². The van der Waals surface area contributed by atoms with Crippen LogP contribution in [0.4, 0.5) is 5.69 Å². The molecule has 0 N–H and O–H groups in total. The van der Waals surface area contributed by atoms with E-state index in [-0.39, 0.29) is 18.5 Å². The molecular weight excluding hydrogens is 212 g/mol. The van der Waals surface area contributed by atoms with Crippen molar-refractivity contribution in [1.29, 1.82) is 0 Å². The smallest absolute Gasteiger partial charge is 0.292 e. The van der Waals surface area contributed by atoms with Crippen LogP contribution in [0.25, 0.3) is 4.85 Å². The second kappa shape index (κ2) is 3.89. The Morgan fingerprint density at radius 1 is 1.29 bits per heavy atom. The van der Waals surface area contributed by atoms with Crippen LogP contribution in [0.2, 0.25) is 0 Å². The number of benzene rings is 1.